The summed E-state index contributed by atoms with van der Waals surface area (Å²) in [4.78, 5) is 22.7. The number of nitrogens with one attached hydrogen (secondary N) is 1. The van der Waals surface area contributed by atoms with Crippen molar-refractivity contribution in [1.29, 1.82) is 0 Å². The van der Waals surface area contributed by atoms with E-state index in [4.69, 9.17) is 9.90 Å². The molecule has 0 spiro atoms. The van der Waals surface area contributed by atoms with Crippen LogP contribution in [0.3, 0.4) is 0 Å². The van der Waals surface area contributed by atoms with Gasteiger partial charge < -0.3 is 15.3 Å². The monoisotopic (exact) mass is 324 g/mol. The topological polar surface area (TPSA) is 69.6 Å². The van der Waals surface area contributed by atoms with Crippen molar-refractivity contribution in [2.24, 2.45) is 5.41 Å². The number of carbonyl (C=O) groups is 2. The van der Waals surface area contributed by atoms with Gasteiger partial charge in [-0.05, 0) is 44.2 Å². The SMILES string of the molecule is CC(=O)N(CC1(C)CC1)C1CCNCC1.O=C(O)C(F)(F)F. The molecule has 0 atom stereocenters. The molecular weight excluding hydrogens is 301 g/mol. The van der Waals surface area contributed by atoms with Gasteiger partial charge in [0.1, 0.15) is 0 Å². The molecule has 0 aromatic carbocycles. The molecule has 128 valence electrons. The van der Waals surface area contributed by atoms with Crippen molar-refractivity contribution >= 4 is 11.9 Å². The fourth-order valence-corrected chi connectivity index (χ4v) is 2.40. The number of carboxylic acid groups (broad SMARTS) is 1. The summed E-state index contributed by atoms with van der Waals surface area (Å²) >= 11 is 0. The van der Waals surface area contributed by atoms with Crippen LogP contribution in [0, 0.1) is 5.41 Å². The third kappa shape index (κ3) is 6.21. The number of halogens is 3. The van der Waals surface area contributed by atoms with Crippen LogP contribution in [0.5, 0.6) is 0 Å². The predicted octanol–water partition coefficient (Wildman–Crippen LogP) is 2.02. The zero-order valence-electron chi connectivity index (χ0n) is 12.9. The Balaban J connectivity index is 0.000000295. The molecule has 8 heteroatoms. The molecule has 2 N–H and O–H groups in total. The van der Waals surface area contributed by atoms with Gasteiger partial charge in [0, 0.05) is 19.5 Å². The molecule has 1 heterocycles. The molecular formula is C14H23F3N2O3. The first-order chi connectivity index (χ1) is 10.1. The number of rotatable bonds is 3. The van der Waals surface area contributed by atoms with Crippen LogP contribution in [0.2, 0.25) is 0 Å². The summed E-state index contributed by atoms with van der Waals surface area (Å²) in [7, 11) is 0. The average molecular weight is 324 g/mol. The molecule has 0 aromatic heterocycles. The lowest BCUT2D eigenvalue weighted by Crippen LogP contribution is -2.47. The van der Waals surface area contributed by atoms with Gasteiger partial charge >= 0.3 is 12.1 Å². The van der Waals surface area contributed by atoms with Crippen LogP contribution in [0.1, 0.15) is 39.5 Å². The minimum atomic E-state index is -5.08. The van der Waals surface area contributed by atoms with E-state index in [1.807, 2.05) is 0 Å². The molecule has 22 heavy (non-hydrogen) atoms. The number of alkyl halides is 3. The number of piperidine rings is 1. The first-order valence-corrected chi connectivity index (χ1v) is 7.33. The molecule has 1 saturated heterocycles. The molecule has 0 aromatic rings. The summed E-state index contributed by atoms with van der Waals surface area (Å²) in [6, 6.07) is 0.487. The van der Waals surface area contributed by atoms with Gasteiger partial charge in [-0.2, -0.15) is 13.2 Å². The second-order valence-electron chi connectivity index (χ2n) is 6.24. The highest BCUT2D eigenvalue weighted by molar-refractivity contribution is 5.73. The summed E-state index contributed by atoms with van der Waals surface area (Å²) in [6.07, 6.45) is -0.255. The predicted molar refractivity (Wildman–Crippen MR) is 74.3 cm³/mol. The van der Waals surface area contributed by atoms with Crippen molar-refractivity contribution in [3.05, 3.63) is 0 Å². The Kier molecular flexibility index (Phi) is 6.22. The summed E-state index contributed by atoms with van der Waals surface area (Å²) < 4.78 is 31.7. The quantitative estimate of drug-likeness (QED) is 0.833. The molecule has 1 amide bonds. The zero-order valence-corrected chi connectivity index (χ0v) is 12.9. The Labute approximate surface area is 127 Å². The van der Waals surface area contributed by atoms with E-state index in [0.717, 1.165) is 32.5 Å². The Hall–Kier alpha value is -1.31. The van der Waals surface area contributed by atoms with Gasteiger partial charge in [0.2, 0.25) is 5.91 Å². The van der Waals surface area contributed by atoms with Gasteiger partial charge in [-0.1, -0.05) is 6.92 Å². The van der Waals surface area contributed by atoms with Crippen LogP contribution in [0.15, 0.2) is 0 Å². The Morgan fingerprint density at radius 2 is 1.73 bits per heavy atom. The van der Waals surface area contributed by atoms with Crippen LogP contribution in [0.25, 0.3) is 0 Å². The van der Waals surface area contributed by atoms with Crippen molar-refractivity contribution in [3.63, 3.8) is 0 Å². The van der Waals surface area contributed by atoms with Gasteiger partial charge in [-0.15, -0.1) is 0 Å². The maximum Gasteiger partial charge on any atom is 0.490 e. The van der Waals surface area contributed by atoms with Gasteiger partial charge in [-0.25, -0.2) is 4.79 Å². The third-order valence-corrected chi connectivity index (χ3v) is 4.05. The van der Waals surface area contributed by atoms with Crippen LogP contribution in [-0.2, 0) is 9.59 Å². The molecule has 0 unspecified atom stereocenters. The molecule has 0 bridgehead atoms. The number of carboxylic acids is 1. The van der Waals surface area contributed by atoms with E-state index < -0.39 is 12.1 Å². The Bertz CT molecular complexity index is 403. The Morgan fingerprint density at radius 3 is 2.05 bits per heavy atom. The number of amides is 1. The summed E-state index contributed by atoms with van der Waals surface area (Å²) in [5.41, 5.74) is 0.441. The van der Waals surface area contributed by atoms with Crippen molar-refractivity contribution < 1.29 is 27.9 Å². The number of carbonyl (C=O) groups excluding carboxylic acids is 1. The maximum absolute atomic E-state index is 11.7. The molecule has 1 aliphatic heterocycles. The van der Waals surface area contributed by atoms with Crippen LogP contribution in [-0.4, -0.2) is 53.7 Å². The summed E-state index contributed by atoms with van der Waals surface area (Å²) in [5, 5.41) is 10.5. The van der Waals surface area contributed by atoms with E-state index >= 15 is 0 Å². The van der Waals surface area contributed by atoms with Gasteiger partial charge in [0.05, 0.1) is 0 Å². The van der Waals surface area contributed by atoms with Crippen molar-refractivity contribution in [2.75, 3.05) is 19.6 Å². The number of aliphatic carboxylic acids is 1. The number of nitrogens with zero attached hydrogens (tertiary/aromatic N) is 1. The smallest absolute Gasteiger partial charge is 0.475 e. The lowest BCUT2D eigenvalue weighted by atomic mass is 10.0. The van der Waals surface area contributed by atoms with Crippen LogP contribution >= 0.6 is 0 Å². The summed E-state index contributed by atoms with van der Waals surface area (Å²) in [5.74, 6) is -2.50. The minimum absolute atomic E-state index is 0.259. The molecule has 0 radical (unpaired) electrons. The average Bonchev–Trinajstić information content (AvgIpc) is 3.15. The highest BCUT2D eigenvalue weighted by Crippen LogP contribution is 2.46. The number of hydrogen-bond donors (Lipinski definition) is 2. The zero-order chi connectivity index (χ0) is 17.0. The minimum Gasteiger partial charge on any atom is -0.475 e. The first-order valence-electron chi connectivity index (χ1n) is 7.33. The first kappa shape index (κ1) is 18.7. The van der Waals surface area contributed by atoms with Crippen LogP contribution < -0.4 is 5.32 Å². The lowest BCUT2D eigenvalue weighted by molar-refractivity contribution is -0.192. The largest absolute Gasteiger partial charge is 0.490 e. The van der Waals surface area contributed by atoms with E-state index in [-0.39, 0.29) is 5.91 Å². The molecule has 2 fully saturated rings. The standard InChI is InChI=1S/C12H22N2O.C2HF3O2/c1-10(15)14(9-12(2)5-6-12)11-3-7-13-8-4-11;3-2(4,5)1(6)7/h11,13H,3-9H2,1-2H3;(H,6,7). The fourth-order valence-electron chi connectivity index (χ4n) is 2.40. The fraction of sp³-hybridized carbons (Fsp3) is 0.857. The second-order valence-corrected chi connectivity index (χ2v) is 6.24. The molecule has 5 nitrogen and oxygen atoms in total. The van der Waals surface area contributed by atoms with Gasteiger partial charge in [0.25, 0.3) is 0 Å². The maximum atomic E-state index is 11.7. The Morgan fingerprint density at radius 1 is 1.27 bits per heavy atom. The highest BCUT2D eigenvalue weighted by atomic mass is 19.4. The van der Waals surface area contributed by atoms with Gasteiger partial charge in [-0.3, -0.25) is 4.79 Å². The molecule has 1 saturated carbocycles. The molecule has 2 rings (SSSR count). The second kappa shape index (κ2) is 7.30. The third-order valence-electron chi connectivity index (χ3n) is 4.05. The highest BCUT2D eigenvalue weighted by Gasteiger charge is 2.41. The van der Waals surface area contributed by atoms with E-state index in [2.05, 4.69) is 17.1 Å². The van der Waals surface area contributed by atoms with E-state index in [9.17, 15) is 18.0 Å². The molecule has 1 aliphatic carbocycles. The van der Waals surface area contributed by atoms with Crippen molar-refractivity contribution in [3.8, 4) is 0 Å². The van der Waals surface area contributed by atoms with Crippen molar-refractivity contribution in [2.45, 2.75) is 51.7 Å². The summed E-state index contributed by atoms with van der Waals surface area (Å²) in [6.45, 7) is 7.11. The van der Waals surface area contributed by atoms with E-state index in [1.165, 1.54) is 12.8 Å². The van der Waals surface area contributed by atoms with E-state index in [0.29, 0.717) is 11.5 Å². The van der Waals surface area contributed by atoms with Gasteiger partial charge in [0.15, 0.2) is 0 Å². The van der Waals surface area contributed by atoms with Crippen LogP contribution in [0.4, 0.5) is 13.2 Å². The lowest BCUT2D eigenvalue weighted by Gasteiger charge is -2.35. The van der Waals surface area contributed by atoms with Crippen molar-refractivity contribution in [1.82, 2.24) is 10.2 Å². The van der Waals surface area contributed by atoms with E-state index in [1.54, 1.807) is 6.92 Å². The normalized spacial score (nSPS) is 20.6. The number of hydrogen-bond acceptors (Lipinski definition) is 3. The molecule has 2 aliphatic rings.